The number of rotatable bonds is 1. The molecule has 2 amide bonds. The van der Waals surface area contributed by atoms with Crippen LogP contribution in [0.4, 0.5) is 5.69 Å². The zero-order valence-corrected chi connectivity index (χ0v) is 14.7. The molecule has 2 unspecified atom stereocenters. The fourth-order valence-electron chi connectivity index (χ4n) is 5.56. The van der Waals surface area contributed by atoms with Crippen LogP contribution in [-0.2, 0) is 19.1 Å². The van der Waals surface area contributed by atoms with Crippen LogP contribution in [0.25, 0.3) is 10.8 Å². The molecule has 5 heterocycles. The third kappa shape index (κ3) is 1.50. The molecule has 0 spiro atoms. The van der Waals surface area contributed by atoms with Crippen LogP contribution in [0, 0.1) is 23.2 Å². The van der Waals surface area contributed by atoms with Crippen LogP contribution in [0.5, 0.6) is 0 Å². The van der Waals surface area contributed by atoms with Crippen molar-refractivity contribution in [2.24, 2.45) is 11.8 Å². The SMILES string of the molecule is CC12OC(C)([C@@H]3O[C@H]31)[C@H]1C(=O)N(c3cnc(C#N)c4ccccc34)C(=O)[C@H]12. The molecule has 7 heteroatoms. The topological polar surface area (TPSA) is 95.8 Å². The number of carbonyl (C=O) groups excluding carboxylic acids is 2. The normalized spacial score (nSPS) is 41.0. The Balaban J connectivity index is 1.54. The number of imide groups is 1. The van der Waals surface area contributed by atoms with Crippen LogP contribution in [0.15, 0.2) is 30.5 Å². The largest absolute Gasteiger partial charge is 0.363 e. The van der Waals surface area contributed by atoms with E-state index in [0.29, 0.717) is 16.5 Å². The van der Waals surface area contributed by atoms with Gasteiger partial charge in [-0.1, -0.05) is 24.3 Å². The molecule has 134 valence electrons. The van der Waals surface area contributed by atoms with E-state index >= 15 is 0 Å². The second-order valence-corrected chi connectivity index (χ2v) is 8.06. The first-order valence-corrected chi connectivity index (χ1v) is 8.93. The highest BCUT2D eigenvalue weighted by Gasteiger charge is 2.85. The fourth-order valence-corrected chi connectivity index (χ4v) is 5.56. The van der Waals surface area contributed by atoms with Gasteiger partial charge in [-0.25, -0.2) is 9.88 Å². The standard InChI is InChI=1S/C20H15N3O4/c1-19-13-14(20(2,27-19)16-15(19)26-16)18(25)23(17(13)24)12-8-22-11(7-21)9-5-3-4-6-10(9)12/h3-6,8,13-16H,1-2H3/t13-,14+,15-,16-,19?,20?/m1/s1. The minimum Gasteiger partial charge on any atom is -0.363 e. The van der Waals surface area contributed by atoms with Gasteiger partial charge in [0.05, 0.1) is 23.7 Å². The van der Waals surface area contributed by atoms with Gasteiger partial charge in [0.15, 0.2) is 0 Å². The minimum atomic E-state index is -0.776. The summed E-state index contributed by atoms with van der Waals surface area (Å²) in [6.07, 6.45) is 1.19. The van der Waals surface area contributed by atoms with E-state index in [0.717, 1.165) is 0 Å². The Morgan fingerprint density at radius 3 is 2.26 bits per heavy atom. The summed E-state index contributed by atoms with van der Waals surface area (Å²) in [5.74, 6) is -1.68. The van der Waals surface area contributed by atoms with Gasteiger partial charge in [-0.2, -0.15) is 5.26 Å². The van der Waals surface area contributed by atoms with Crippen molar-refractivity contribution in [1.29, 1.82) is 5.26 Å². The summed E-state index contributed by atoms with van der Waals surface area (Å²) in [7, 11) is 0. The van der Waals surface area contributed by atoms with E-state index in [4.69, 9.17) is 9.47 Å². The molecule has 6 atom stereocenters. The number of hydrogen-bond acceptors (Lipinski definition) is 6. The Labute approximate surface area is 154 Å². The molecule has 4 aliphatic heterocycles. The van der Waals surface area contributed by atoms with Crippen LogP contribution in [0.2, 0.25) is 0 Å². The number of pyridine rings is 1. The first-order chi connectivity index (χ1) is 12.9. The van der Waals surface area contributed by atoms with Crippen LogP contribution in [-0.4, -0.2) is 40.2 Å². The maximum Gasteiger partial charge on any atom is 0.240 e. The van der Waals surface area contributed by atoms with Crippen LogP contribution < -0.4 is 4.90 Å². The zero-order chi connectivity index (χ0) is 18.7. The van der Waals surface area contributed by atoms with E-state index in [9.17, 15) is 14.9 Å². The van der Waals surface area contributed by atoms with Crippen molar-refractivity contribution in [2.75, 3.05) is 4.90 Å². The molecule has 4 fully saturated rings. The second-order valence-electron chi connectivity index (χ2n) is 8.06. The van der Waals surface area contributed by atoms with Crippen molar-refractivity contribution in [1.82, 2.24) is 4.98 Å². The van der Waals surface area contributed by atoms with Gasteiger partial charge in [0.25, 0.3) is 0 Å². The lowest BCUT2D eigenvalue weighted by atomic mass is 9.69. The monoisotopic (exact) mass is 361 g/mol. The smallest absolute Gasteiger partial charge is 0.240 e. The predicted molar refractivity (Wildman–Crippen MR) is 92.5 cm³/mol. The Kier molecular flexibility index (Phi) is 2.46. The molecule has 0 radical (unpaired) electrons. The molecule has 1 aromatic carbocycles. The lowest BCUT2D eigenvalue weighted by molar-refractivity contribution is -0.139. The highest BCUT2D eigenvalue weighted by Crippen LogP contribution is 2.68. The number of aromatic nitrogens is 1. The number of carbonyl (C=O) groups is 2. The number of ether oxygens (including phenoxy) is 2. The zero-order valence-electron chi connectivity index (χ0n) is 14.7. The minimum absolute atomic E-state index is 0.128. The van der Waals surface area contributed by atoms with E-state index in [2.05, 4.69) is 11.1 Å². The second kappa shape index (κ2) is 4.35. The average molecular weight is 361 g/mol. The number of anilines is 1. The Bertz CT molecular complexity index is 1090. The molecule has 4 aliphatic rings. The van der Waals surface area contributed by atoms with Crippen molar-refractivity contribution >= 4 is 28.3 Å². The number of hydrogen-bond donors (Lipinski definition) is 0. The van der Waals surface area contributed by atoms with E-state index < -0.39 is 23.0 Å². The van der Waals surface area contributed by atoms with Gasteiger partial charge < -0.3 is 9.47 Å². The van der Waals surface area contributed by atoms with Crippen molar-refractivity contribution in [2.45, 2.75) is 37.3 Å². The Morgan fingerprint density at radius 1 is 1.07 bits per heavy atom. The third-order valence-corrected chi connectivity index (χ3v) is 6.72. The molecule has 6 rings (SSSR count). The van der Waals surface area contributed by atoms with E-state index in [1.807, 2.05) is 19.9 Å². The van der Waals surface area contributed by atoms with Gasteiger partial charge in [-0.3, -0.25) is 9.59 Å². The maximum absolute atomic E-state index is 13.4. The number of benzene rings is 1. The first kappa shape index (κ1) is 15.3. The molecule has 0 aliphatic carbocycles. The summed E-state index contributed by atoms with van der Waals surface area (Å²) >= 11 is 0. The highest BCUT2D eigenvalue weighted by molar-refractivity contribution is 6.26. The summed E-state index contributed by atoms with van der Waals surface area (Å²) in [4.78, 5) is 32.2. The van der Waals surface area contributed by atoms with Crippen molar-refractivity contribution in [3.8, 4) is 6.07 Å². The van der Waals surface area contributed by atoms with Gasteiger partial charge in [-0.15, -0.1) is 0 Å². The number of epoxide rings is 1. The number of amides is 2. The Hall–Kier alpha value is -2.82. The van der Waals surface area contributed by atoms with Gasteiger partial charge >= 0.3 is 0 Å². The van der Waals surface area contributed by atoms with E-state index in [1.54, 1.807) is 18.2 Å². The van der Waals surface area contributed by atoms with Gasteiger partial charge in [0.2, 0.25) is 11.8 Å². The number of nitriles is 1. The fraction of sp³-hybridized carbons (Fsp3) is 0.400. The van der Waals surface area contributed by atoms with Crippen molar-refractivity contribution in [3.05, 3.63) is 36.2 Å². The molecule has 2 aromatic rings. The summed E-state index contributed by atoms with van der Waals surface area (Å²) in [5.41, 5.74) is -0.858. The summed E-state index contributed by atoms with van der Waals surface area (Å²) in [6.45, 7) is 3.74. The van der Waals surface area contributed by atoms with Crippen LogP contribution in [0.1, 0.15) is 19.5 Å². The number of nitrogens with zero attached hydrogens (tertiary/aromatic N) is 3. The summed E-state index contributed by atoms with van der Waals surface area (Å²) in [6, 6.07) is 9.26. The van der Waals surface area contributed by atoms with E-state index in [-0.39, 0.29) is 29.7 Å². The summed E-state index contributed by atoms with van der Waals surface area (Å²) in [5, 5.41) is 10.6. The lowest BCUT2D eigenvalue weighted by Crippen LogP contribution is -2.45. The first-order valence-electron chi connectivity index (χ1n) is 8.93. The van der Waals surface area contributed by atoms with E-state index in [1.165, 1.54) is 11.1 Å². The molecule has 27 heavy (non-hydrogen) atoms. The summed E-state index contributed by atoms with van der Waals surface area (Å²) < 4.78 is 11.9. The third-order valence-electron chi connectivity index (χ3n) is 6.72. The highest BCUT2D eigenvalue weighted by atomic mass is 16.7. The lowest BCUT2D eigenvalue weighted by Gasteiger charge is -2.28. The van der Waals surface area contributed by atoms with Gasteiger partial charge in [0, 0.05) is 10.8 Å². The molecular formula is C20H15N3O4. The molecule has 1 aromatic heterocycles. The molecular weight excluding hydrogens is 346 g/mol. The number of fused-ring (bicyclic) bond motifs is 9. The van der Waals surface area contributed by atoms with Crippen molar-refractivity contribution in [3.63, 3.8) is 0 Å². The van der Waals surface area contributed by atoms with Gasteiger partial charge in [0.1, 0.15) is 35.2 Å². The molecule has 4 saturated heterocycles. The Morgan fingerprint density at radius 2 is 1.67 bits per heavy atom. The van der Waals surface area contributed by atoms with Crippen LogP contribution in [0.3, 0.4) is 0 Å². The molecule has 0 N–H and O–H groups in total. The predicted octanol–water partition coefficient (Wildman–Crippen LogP) is 1.54. The molecule has 7 nitrogen and oxygen atoms in total. The maximum atomic E-state index is 13.4. The quantitative estimate of drug-likeness (QED) is 0.565. The average Bonchev–Trinajstić information content (AvgIpc) is 3.33. The molecule has 0 saturated carbocycles. The van der Waals surface area contributed by atoms with Gasteiger partial charge in [-0.05, 0) is 13.8 Å². The molecule has 2 bridgehead atoms. The van der Waals surface area contributed by atoms with Crippen molar-refractivity contribution < 1.29 is 19.1 Å². The van der Waals surface area contributed by atoms with Crippen LogP contribution >= 0.6 is 0 Å².